The fraction of sp³-hybridized carbons (Fsp3) is 0.143. The van der Waals surface area contributed by atoms with Crippen LogP contribution in [0.15, 0.2) is 84.9 Å². The quantitative estimate of drug-likeness (QED) is 0.295. The topological polar surface area (TPSA) is 9.86 Å². The summed E-state index contributed by atoms with van der Waals surface area (Å²) in [5.74, 6) is 0. The van der Waals surface area contributed by atoms with E-state index in [0.29, 0.717) is 0 Å². The van der Waals surface area contributed by atoms with Gasteiger partial charge in [0, 0.05) is 56.7 Å². The Bertz CT molecular complexity index is 1440. The van der Waals surface area contributed by atoms with E-state index in [-0.39, 0.29) is 0 Å². The van der Waals surface area contributed by atoms with E-state index < -0.39 is 0 Å². The zero-order valence-electron chi connectivity index (χ0n) is 17.4. The van der Waals surface area contributed by atoms with E-state index in [0.717, 1.165) is 13.1 Å². The molecule has 0 fully saturated rings. The molecule has 0 N–H and O–H groups in total. The second-order valence-corrected chi connectivity index (χ2v) is 7.99. The molecule has 0 saturated carbocycles. The molecular weight excluding hydrogens is 364 g/mol. The predicted molar refractivity (Wildman–Crippen MR) is 129 cm³/mol. The number of benzene rings is 4. The van der Waals surface area contributed by atoms with Crippen molar-refractivity contribution >= 4 is 43.6 Å². The maximum absolute atomic E-state index is 2.41. The van der Waals surface area contributed by atoms with E-state index in [9.17, 15) is 0 Å². The Kier molecular flexibility index (Phi) is 3.76. The Labute approximate surface area is 176 Å². The summed E-state index contributed by atoms with van der Waals surface area (Å²) in [5, 5.41) is 5.33. The molecule has 4 aromatic carbocycles. The van der Waals surface area contributed by atoms with Gasteiger partial charge < -0.3 is 9.13 Å². The van der Waals surface area contributed by atoms with Crippen LogP contribution in [0.2, 0.25) is 0 Å². The first-order valence-corrected chi connectivity index (χ1v) is 10.8. The average Bonchev–Trinajstić information content (AvgIpc) is 3.30. The van der Waals surface area contributed by atoms with Crippen LogP contribution < -0.4 is 0 Å². The van der Waals surface area contributed by atoms with Gasteiger partial charge in [0.05, 0.1) is 0 Å². The lowest BCUT2D eigenvalue weighted by atomic mass is 10.0. The van der Waals surface area contributed by atoms with E-state index in [1.54, 1.807) is 0 Å². The van der Waals surface area contributed by atoms with Crippen LogP contribution in [0.3, 0.4) is 0 Å². The van der Waals surface area contributed by atoms with Gasteiger partial charge >= 0.3 is 0 Å². The smallest absolute Gasteiger partial charge is 0.0491 e. The van der Waals surface area contributed by atoms with Crippen LogP contribution in [-0.4, -0.2) is 9.13 Å². The van der Waals surface area contributed by atoms with Crippen molar-refractivity contribution in [1.29, 1.82) is 0 Å². The third kappa shape index (κ3) is 2.31. The van der Waals surface area contributed by atoms with Crippen molar-refractivity contribution in [2.75, 3.05) is 0 Å². The van der Waals surface area contributed by atoms with Crippen LogP contribution in [0.5, 0.6) is 0 Å². The summed E-state index contributed by atoms with van der Waals surface area (Å²) in [6.45, 7) is 6.39. The summed E-state index contributed by atoms with van der Waals surface area (Å²) in [6.07, 6.45) is 0. The molecule has 2 heterocycles. The van der Waals surface area contributed by atoms with Gasteiger partial charge in [0.15, 0.2) is 0 Å². The van der Waals surface area contributed by atoms with Crippen LogP contribution in [0, 0.1) is 0 Å². The molecule has 146 valence electrons. The number of hydrogen-bond acceptors (Lipinski definition) is 0. The molecule has 0 saturated heterocycles. The van der Waals surface area contributed by atoms with E-state index in [1.807, 2.05) is 0 Å². The number of rotatable bonds is 3. The standard InChI is InChI=1S/C28H24N2/c1-3-29-25-11-7-5-9-21(25)23-17-19(13-15-27(23)29)20-14-16-28-24(18-20)22-10-6-8-12-26(22)30(28)4-2/h5-18H,3-4H2,1-2H3. The highest BCUT2D eigenvalue weighted by molar-refractivity contribution is 6.11. The van der Waals surface area contributed by atoms with Crippen molar-refractivity contribution in [3.8, 4) is 11.1 Å². The van der Waals surface area contributed by atoms with Crippen LogP contribution in [0.4, 0.5) is 0 Å². The summed E-state index contributed by atoms with van der Waals surface area (Å²) in [7, 11) is 0. The second-order valence-electron chi connectivity index (χ2n) is 7.99. The highest BCUT2D eigenvalue weighted by Gasteiger charge is 2.13. The van der Waals surface area contributed by atoms with Crippen LogP contribution >= 0.6 is 0 Å². The zero-order chi connectivity index (χ0) is 20.2. The Morgan fingerprint density at radius 2 is 0.867 bits per heavy atom. The molecule has 6 rings (SSSR count). The summed E-state index contributed by atoms with van der Waals surface area (Å²) in [5.41, 5.74) is 7.80. The second kappa shape index (κ2) is 6.50. The molecular formula is C28H24N2. The number of aryl methyl sites for hydroxylation is 2. The van der Waals surface area contributed by atoms with Crippen molar-refractivity contribution < 1.29 is 0 Å². The zero-order valence-corrected chi connectivity index (χ0v) is 17.4. The fourth-order valence-corrected chi connectivity index (χ4v) is 5.15. The van der Waals surface area contributed by atoms with Crippen molar-refractivity contribution in [2.45, 2.75) is 26.9 Å². The highest BCUT2D eigenvalue weighted by Crippen LogP contribution is 2.35. The molecule has 6 aromatic rings. The number of hydrogen-bond donors (Lipinski definition) is 0. The first kappa shape index (κ1) is 17.3. The third-order valence-corrected chi connectivity index (χ3v) is 6.51. The Balaban J connectivity index is 1.62. The van der Waals surface area contributed by atoms with Gasteiger partial charge in [0.25, 0.3) is 0 Å². The first-order valence-electron chi connectivity index (χ1n) is 10.8. The molecule has 2 heteroatoms. The van der Waals surface area contributed by atoms with Gasteiger partial charge in [-0.05, 0) is 61.4 Å². The molecule has 2 nitrogen and oxygen atoms in total. The normalized spacial score (nSPS) is 11.9. The summed E-state index contributed by atoms with van der Waals surface area (Å²) in [4.78, 5) is 0. The maximum atomic E-state index is 2.41. The van der Waals surface area contributed by atoms with Crippen molar-refractivity contribution in [3.63, 3.8) is 0 Å². The molecule has 0 aliphatic heterocycles. The lowest BCUT2D eigenvalue weighted by molar-refractivity contribution is 0.827. The van der Waals surface area contributed by atoms with Gasteiger partial charge in [-0.3, -0.25) is 0 Å². The van der Waals surface area contributed by atoms with Gasteiger partial charge in [0.1, 0.15) is 0 Å². The highest BCUT2D eigenvalue weighted by atomic mass is 15.0. The molecule has 0 radical (unpaired) electrons. The summed E-state index contributed by atoms with van der Waals surface area (Å²) in [6, 6.07) is 31.3. The van der Waals surface area contributed by atoms with E-state index >= 15 is 0 Å². The Hall–Kier alpha value is -3.52. The first-order chi connectivity index (χ1) is 14.8. The minimum Gasteiger partial charge on any atom is -0.341 e. The largest absolute Gasteiger partial charge is 0.341 e. The van der Waals surface area contributed by atoms with Gasteiger partial charge in [-0.15, -0.1) is 0 Å². The number of para-hydroxylation sites is 2. The van der Waals surface area contributed by atoms with Gasteiger partial charge in [-0.1, -0.05) is 48.5 Å². The lowest BCUT2D eigenvalue weighted by Gasteiger charge is -2.06. The molecule has 0 bridgehead atoms. The third-order valence-electron chi connectivity index (χ3n) is 6.51. The number of nitrogens with zero attached hydrogens (tertiary/aromatic N) is 2. The Morgan fingerprint density at radius 1 is 0.467 bits per heavy atom. The maximum Gasteiger partial charge on any atom is 0.0491 e. The minimum atomic E-state index is 0.978. The van der Waals surface area contributed by atoms with Gasteiger partial charge in [0.2, 0.25) is 0 Å². The average molecular weight is 389 g/mol. The molecule has 30 heavy (non-hydrogen) atoms. The molecule has 0 aliphatic carbocycles. The van der Waals surface area contributed by atoms with Gasteiger partial charge in [-0.2, -0.15) is 0 Å². The van der Waals surface area contributed by atoms with Crippen LogP contribution in [-0.2, 0) is 13.1 Å². The monoisotopic (exact) mass is 388 g/mol. The molecule has 0 atom stereocenters. The van der Waals surface area contributed by atoms with Crippen molar-refractivity contribution in [1.82, 2.24) is 9.13 Å². The SMILES string of the molecule is CCn1c2ccccc2c2cc(-c3ccc4c(c3)c3ccccc3n4CC)ccc21. The van der Waals surface area contributed by atoms with E-state index in [1.165, 1.54) is 54.7 Å². The molecule has 0 unspecified atom stereocenters. The lowest BCUT2D eigenvalue weighted by Crippen LogP contribution is -1.93. The number of fused-ring (bicyclic) bond motifs is 6. The Morgan fingerprint density at radius 3 is 1.30 bits per heavy atom. The minimum absolute atomic E-state index is 0.978. The summed E-state index contributed by atoms with van der Waals surface area (Å²) < 4.78 is 4.82. The number of aromatic nitrogens is 2. The predicted octanol–water partition coefficient (Wildman–Crippen LogP) is 7.61. The van der Waals surface area contributed by atoms with Crippen LogP contribution in [0.1, 0.15) is 13.8 Å². The molecule has 0 aliphatic rings. The van der Waals surface area contributed by atoms with Crippen molar-refractivity contribution in [3.05, 3.63) is 84.9 Å². The van der Waals surface area contributed by atoms with Crippen molar-refractivity contribution in [2.24, 2.45) is 0 Å². The van der Waals surface area contributed by atoms with E-state index in [2.05, 4.69) is 108 Å². The van der Waals surface area contributed by atoms with Crippen LogP contribution in [0.25, 0.3) is 54.7 Å². The fourth-order valence-electron chi connectivity index (χ4n) is 5.15. The summed E-state index contributed by atoms with van der Waals surface area (Å²) >= 11 is 0. The van der Waals surface area contributed by atoms with E-state index in [4.69, 9.17) is 0 Å². The van der Waals surface area contributed by atoms with Gasteiger partial charge in [-0.25, -0.2) is 0 Å². The molecule has 0 spiro atoms. The molecule has 0 amide bonds. The molecule has 2 aromatic heterocycles.